The Balaban J connectivity index is 1.69. The quantitative estimate of drug-likeness (QED) is 0.388. The van der Waals surface area contributed by atoms with Crippen molar-refractivity contribution >= 4 is 11.5 Å². The summed E-state index contributed by atoms with van der Waals surface area (Å²) >= 11 is 1.30. The Hall–Kier alpha value is -2.24. The first-order valence-corrected chi connectivity index (χ1v) is 11.9. The van der Waals surface area contributed by atoms with Gasteiger partial charge in [0.05, 0.1) is 0 Å². The summed E-state index contributed by atoms with van der Waals surface area (Å²) in [4.78, 5) is 6.97. The van der Waals surface area contributed by atoms with Gasteiger partial charge in [0.2, 0.25) is 0 Å². The monoisotopic (exact) mass is 437 g/mol. The van der Waals surface area contributed by atoms with Gasteiger partial charge in [-0.15, -0.1) is 0 Å². The zero-order valence-corrected chi connectivity index (χ0v) is 20.8. The van der Waals surface area contributed by atoms with Crippen molar-refractivity contribution in [2.45, 2.75) is 59.8 Å². The van der Waals surface area contributed by atoms with Crippen LogP contribution >= 0.6 is 11.5 Å². The van der Waals surface area contributed by atoms with Crippen LogP contribution in [0.1, 0.15) is 56.4 Å². The second-order valence-corrected chi connectivity index (χ2v) is 10.1. The van der Waals surface area contributed by atoms with Gasteiger partial charge in [-0.2, -0.15) is 9.36 Å². The molecular formula is C26H35N3OS. The lowest BCUT2D eigenvalue weighted by Crippen LogP contribution is -2.19. The maximum atomic E-state index is 6.12. The van der Waals surface area contributed by atoms with Gasteiger partial charge >= 0.3 is 0 Å². The predicted octanol–water partition coefficient (Wildman–Crippen LogP) is 6.80. The lowest BCUT2D eigenvalue weighted by atomic mass is 9.87. The van der Waals surface area contributed by atoms with Gasteiger partial charge in [-0.05, 0) is 80.6 Å². The molecule has 0 bridgehead atoms. The van der Waals surface area contributed by atoms with E-state index < -0.39 is 0 Å². The summed E-state index contributed by atoms with van der Waals surface area (Å²) in [6.45, 7) is 15.3. The molecule has 0 amide bonds. The molecule has 0 aliphatic carbocycles. The Morgan fingerprint density at radius 3 is 2.39 bits per heavy atom. The van der Waals surface area contributed by atoms with Gasteiger partial charge in [-0.1, -0.05) is 58.0 Å². The fraction of sp³-hybridized carbons (Fsp3) is 0.462. The van der Waals surface area contributed by atoms with Gasteiger partial charge in [0.25, 0.3) is 5.19 Å². The van der Waals surface area contributed by atoms with E-state index in [1.54, 1.807) is 0 Å². The summed E-state index contributed by atoms with van der Waals surface area (Å²) < 4.78 is 10.6. The molecule has 0 saturated heterocycles. The molecule has 0 fully saturated rings. The van der Waals surface area contributed by atoms with E-state index in [-0.39, 0.29) is 5.41 Å². The maximum absolute atomic E-state index is 6.12. The van der Waals surface area contributed by atoms with Gasteiger partial charge in [-0.3, -0.25) is 0 Å². The molecule has 0 aliphatic heterocycles. The summed E-state index contributed by atoms with van der Waals surface area (Å²) in [7, 11) is 2.17. The van der Waals surface area contributed by atoms with Crippen LogP contribution in [0.15, 0.2) is 36.4 Å². The van der Waals surface area contributed by atoms with Gasteiger partial charge in [0.1, 0.15) is 5.75 Å². The molecule has 0 aliphatic rings. The van der Waals surface area contributed by atoms with Crippen molar-refractivity contribution in [1.82, 2.24) is 14.3 Å². The standard InChI is InChI=1S/C26H35N3OS/c1-8-29(7)15-9-10-21-16-19(3)23(17-18(21)2)30-25-27-24(28-31-25)20-11-13-22(14-12-20)26(4,5)6/h11-14,16-17H,8-10,15H2,1-7H3. The van der Waals surface area contributed by atoms with Crippen molar-refractivity contribution in [3.63, 3.8) is 0 Å². The van der Waals surface area contributed by atoms with Crippen molar-refractivity contribution in [3.05, 3.63) is 58.7 Å². The Morgan fingerprint density at radius 2 is 1.74 bits per heavy atom. The van der Waals surface area contributed by atoms with Crippen molar-refractivity contribution in [1.29, 1.82) is 0 Å². The van der Waals surface area contributed by atoms with Gasteiger partial charge in [0.15, 0.2) is 5.82 Å². The molecule has 2 aromatic carbocycles. The number of aromatic nitrogens is 2. The van der Waals surface area contributed by atoms with Crippen molar-refractivity contribution in [3.8, 4) is 22.3 Å². The molecule has 0 spiro atoms. The normalized spacial score (nSPS) is 11.9. The van der Waals surface area contributed by atoms with Gasteiger partial charge in [-0.25, -0.2) is 0 Å². The maximum Gasteiger partial charge on any atom is 0.299 e. The number of aryl methyl sites for hydroxylation is 3. The first-order chi connectivity index (χ1) is 14.7. The summed E-state index contributed by atoms with van der Waals surface area (Å²) in [5, 5.41) is 0.578. The summed E-state index contributed by atoms with van der Waals surface area (Å²) in [5.74, 6) is 1.57. The van der Waals surface area contributed by atoms with Gasteiger partial charge in [0, 0.05) is 17.1 Å². The first-order valence-electron chi connectivity index (χ1n) is 11.1. The Morgan fingerprint density at radius 1 is 1.03 bits per heavy atom. The highest BCUT2D eigenvalue weighted by Crippen LogP contribution is 2.32. The van der Waals surface area contributed by atoms with E-state index in [1.807, 2.05) is 0 Å². The van der Waals surface area contributed by atoms with Crippen molar-refractivity contribution < 1.29 is 4.74 Å². The molecule has 3 rings (SSSR count). The van der Waals surface area contributed by atoms with Crippen LogP contribution in [-0.2, 0) is 11.8 Å². The third-order valence-corrected chi connectivity index (χ3v) is 6.37. The lowest BCUT2D eigenvalue weighted by Gasteiger charge is -2.18. The van der Waals surface area contributed by atoms with E-state index in [2.05, 4.69) is 99.2 Å². The zero-order chi connectivity index (χ0) is 22.6. The number of nitrogens with zero attached hydrogens (tertiary/aromatic N) is 3. The summed E-state index contributed by atoms with van der Waals surface area (Å²) in [5.41, 5.74) is 6.24. The molecule has 1 aromatic heterocycles. The number of hydrogen-bond donors (Lipinski definition) is 0. The van der Waals surface area contributed by atoms with E-state index in [1.165, 1.54) is 34.6 Å². The van der Waals surface area contributed by atoms with Crippen LogP contribution in [0.25, 0.3) is 11.4 Å². The minimum absolute atomic E-state index is 0.135. The molecule has 1 heterocycles. The number of rotatable bonds is 8. The van der Waals surface area contributed by atoms with Crippen LogP contribution in [0.3, 0.4) is 0 Å². The fourth-order valence-corrected chi connectivity index (χ4v) is 4.07. The molecule has 0 saturated carbocycles. The molecule has 31 heavy (non-hydrogen) atoms. The second kappa shape index (κ2) is 9.92. The SMILES string of the molecule is CCN(C)CCCc1cc(C)c(Oc2nc(-c3ccc(C(C)(C)C)cc3)ns2)cc1C. The highest BCUT2D eigenvalue weighted by atomic mass is 32.1. The molecule has 0 radical (unpaired) electrons. The molecule has 0 unspecified atom stereocenters. The Labute approximate surface area is 191 Å². The van der Waals surface area contributed by atoms with E-state index in [0.717, 1.165) is 36.4 Å². The topological polar surface area (TPSA) is 38.2 Å². The van der Waals surface area contributed by atoms with Crippen molar-refractivity contribution in [2.75, 3.05) is 20.1 Å². The number of ether oxygens (including phenoxy) is 1. The fourth-order valence-electron chi connectivity index (χ4n) is 3.51. The van der Waals surface area contributed by atoms with Crippen LogP contribution in [0, 0.1) is 13.8 Å². The lowest BCUT2D eigenvalue weighted by molar-refractivity contribution is 0.347. The molecule has 5 heteroatoms. The smallest absolute Gasteiger partial charge is 0.299 e. The van der Waals surface area contributed by atoms with E-state index >= 15 is 0 Å². The summed E-state index contributed by atoms with van der Waals surface area (Å²) in [6, 6.07) is 12.9. The Kier molecular flexibility index (Phi) is 7.50. The van der Waals surface area contributed by atoms with Crippen LogP contribution < -0.4 is 4.74 Å². The molecule has 3 aromatic rings. The zero-order valence-electron chi connectivity index (χ0n) is 20.0. The Bertz CT molecular complexity index is 1000. The third-order valence-electron chi connectivity index (χ3n) is 5.77. The largest absolute Gasteiger partial charge is 0.430 e. The second-order valence-electron chi connectivity index (χ2n) is 9.36. The van der Waals surface area contributed by atoms with E-state index in [9.17, 15) is 0 Å². The van der Waals surface area contributed by atoms with Crippen LogP contribution in [0.5, 0.6) is 10.9 Å². The number of hydrogen-bond acceptors (Lipinski definition) is 5. The third kappa shape index (κ3) is 6.14. The highest BCUT2D eigenvalue weighted by Gasteiger charge is 2.15. The van der Waals surface area contributed by atoms with Crippen LogP contribution in [0.2, 0.25) is 0 Å². The van der Waals surface area contributed by atoms with Gasteiger partial charge < -0.3 is 9.64 Å². The number of benzene rings is 2. The molecule has 4 nitrogen and oxygen atoms in total. The highest BCUT2D eigenvalue weighted by molar-refractivity contribution is 7.07. The average molecular weight is 438 g/mol. The molecular weight excluding hydrogens is 402 g/mol. The first kappa shape index (κ1) is 23.4. The summed E-state index contributed by atoms with van der Waals surface area (Å²) in [6.07, 6.45) is 2.25. The minimum atomic E-state index is 0.135. The van der Waals surface area contributed by atoms with Crippen molar-refractivity contribution in [2.24, 2.45) is 0 Å². The molecule has 166 valence electrons. The molecule has 0 atom stereocenters. The molecule has 0 N–H and O–H groups in total. The minimum Gasteiger partial charge on any atom is -0.430 e. The average Bonchev–Trinajstić information content (AvgIpc) is 3.19. The van der Waals surface area contributed by atoms with E-state index in [0.29, 0.717) is 11.0 Å². The van der Waals surface area contributed by atoms with Crippen LogP contribution in [-0.4, -0.2) is 34.4 Å². The van der Waals surface area contributed by atoms with E-state index in [4.69, 9.17) is 4.74 Å². The van der Waals surface area contributed by atoms with Crippen LogP contribution in [0.4, 0.5) is 0 Å². The predicted molar refractivity (Wildman–Crippen MR) is 132 cm³/mol.